The van der Waals surface area contributed by atoms with Gasteiger partial charge < -0.3 is 14.8 Å². The van der Waals surface area contributed by atoms with Crippen LogP contribution in [0.4, 0.5) is 0 Å². The number of benzene rings is 2. The summed E-state index contributed by atoms with van der Waals surface area (Å²) in [5, 5.41) is 2.88. The second-order valence-electron chi connectivity index (χ2n) is 6.29. The number of carbonyl (C=O) groups is 2. The van der Waals surface area contributed by atoms with Crippen LogP contribution in [0.25, 0.3) is 0 Å². The van der Waals surface area contributed by atoms with E-state index in [1.807, 2.05) is 25.1 Å². The molecule has 0 aliphatic heterocycles. The first-order chi connectivity index (χ1) is 12.5. The molecule has 5 nitrogen and oxygen atoms in total. The van der Waals surface area contributed by atoms with Gasteiger partial charge in [0, 0.05) is 11.6 Å². The molecule has 2 aromatic rings. The standard InChI is InChI=1S/C20H20BrNO4/c1-13-7-10-17(16(21)11-13)25-12-18(23)26-19(14-5-3-2-4-6-14)20(24)22-15-8-9-15/h2-7,10-11,15,19H,8-9,12H2,1H3,(H,22,24)/t19-/m1/s1. The number of esters is 1. The molecule has 1 N–H and O–H groups in total. The van der Waals surface area contributed by atoms with E-state index >= 15 is 0 Å². The summed E-state index contributed by atoms with van der Waals surface area (Å²) in [6.45, 7) is 1.69. The number of halogens is 1. The van der Waals surface area contributed by atoms with Crippen molar-refractivity contribution in [3.05, 3.63) is 64.1 Å². The van der Waals surface area contributed by atoms with Crippen LogP contribution in [-0.2, 0) is 14.3 Å². The molecule has 3 rings (SSSR count). The van der Waals surface area contributed by atoms with Crippen LogP contribution < -0.4 is 10.1 Å². The summed E-state index contributed by atoms with van der Waals surface area (Å²) < 4.78 is 11.7. The van der Waals surface area contributed by atoms with E-state index in [1.54, 1.807) is 30.3 Å². The lowest BCUT2D eigenvalue weighted by Crippen LogP contribution is -2.34. The summed E-state index contributed by atoms with van der Waals surface area (Å²) in [5.41, 5.74) is 1.71. The molecule has 0 aromatic heterocycles. The lowest BCUT2D eigenvalue weighted by molar-refractivity contribution is -0.158. The zero-order valence-corrected chi connectivity index (χ0v) is 16.0. The van der Waals surface area contributed by atoms with Gasteiger partial charge in [0.25, 0.3) is 5.91 Å². The van der Waals surface area contributed by atoms with Gasteiger partial charge in [0.15, 0.2) is 6.61 Å². The topological polar surface area (TPSA) is 64.6 Å². The largest absolute Gasteiger partial charge is 0.481 e. The monoisotopic (exact) mass is 417 g/mol. The normalized spacial score (nSPS) is 14.4. The molecule has 6 heteroatoms. The average molecular weight is 418 g/mol. The number of hydrogen-bond donors (Lipinski definition) is 1. The average Bonchev–Trinajstić information content (AvgIpc) is 3.43. The fourth-order valence-corrected chi connectivity index (χ4v) is 3.04. The smallest absolute Gasteiger partial charge is 0.345 e. The van der Waals surface area contributed by atoms with E-state index < -0.39 is 12.1 Å². The van der Waals surface area contributed by atoms with Gasteiger partial charge in [0.1, 0.15) is 5.75 Å². The Labute approximate surface area is 160 Å². The second-order valence-corrected chi connectivity index (χ2v) is 7.14. The lowest BCUT2D eigenvalue weighted by atomic mass is 10.1. The fraction of sp³-hybridized carbons (Fsp3) is 0.300. The maximum absolute atomic E-state index is 12.5. The molecule has 1 saturated carbocycles. The van der Waals surface area contributed by atoms with Gasteiger partial charge in [0.05, 0.1) is 4.47 Å². The third kappa shape index (κ3) is 5.08. The van der Waals surface area contributed by atoms with Crippen LogP contribution in [-0.4, -0.2) is 24.5 Å². The SMILES string of the molecule is Cc1ccc(OCC(=O)O[C@@H](C(=O)NC2CC2)c2ccccc2)c(Br)c1. The lowest BCUT2D eigenvalue weighted by Gasteiger charge is -2.18. The molecule has 0 saturated heterocycles. The molecule has 1 atom stereocenters. The zero-order valence-electron chi connectivity index (χ0n) is 14.4. The Kier molecular flexibility index (Phi) is 5.93. The van der Waals surface area contributed by atoms with Crippen molar-refractivity contribution in [1.82, 2.24) is 5.32 Å². The van der Waals surface area contributed by atoms with Crippen LogP contribution in [0.15, 0.2) is 53.0 Å². The Morgan fingerprint density at radius 3 is 2.58 bits per heavy atom. The van der Waals surface area contributed by atoms with Crippen molar-refractivity contribution in [1.29, 1.82) is 0 Å². The van der Waals surface area contributed by atoms with Gasteiger partial charge in [-0.1, -0.05) is 36.4 Å². The van der Waals surface area contributed by atoms with E-state index in [0.29, 0.717) is 11.3 Å². The fourth-order valence-electron chi connectivity index (χ4n) is 2.43. The number of rotatable bonds is 7. The summed E-state index contributed by atoms with van der Waals surface area (Å²) in [4.78, 5) is 24.7. The molecule has 0 spiro atoms. The predicted octanol–water partition coefficient (Wildman–Crippen LogP) is 3.70. The van der Waals surface area contributed by atoms with Crippen LogP contribution >= 0.6 is 15.9 Å². The predicted molar refractivity (Wildman–Crippen MR) is 101 cm³/mol. The molecule has 0 radical (unpaired) electrons. The van der Waals surface area contributed by atoms with Gasteiger partial charge in [-0.15, -0.1) is 0 Å². The molecule has 1 amide bonds. The molecule has 1 aliphatic rings. The van der Waals surface area contributed by atoms with Crippen molar-refractivity contribution >= 4 is 27.8 Å². The first kappa shape index (κ1) is 18.5. The Bertz CT molecular complexity index is 790. The van der Waals surface area contributed by atoms with Crippen LogP contribution in [0.2, 0.25) is 0 Å². The number of amides is 1. The number of ether oxygens (including phenoxy) is 2. The van der Waals surface area contributed by atoms with E-state index in [1.165, 1.54) is 0 Å². The van der Waals surface area contributed by atoms with Crippen molar-refractivity contribution in [2.75, 3.05) is 6.61 Å². The molecule has 1 fully saturated rings. The number of carbonyl (C=O) groups excluding carboxylic acids is 2. The van der Waals surface area contributed by atoms with Crippen molar-refractivity contribution in [3.8, 4) is 5.75 Å². The summed E-state index contributed by atoms with van der Waals surface area (Å²) in [5.74, 6) is -0.355. The van der Waals surface area contributed by atoms with E-state index in [0.717, 1.165) is 22.9 Å². The van der Waals surface area contributed by atoms with Crippen molar-refractivity contribution in [3.63, 3.8) is 0 Å². The van der Waals surface area contributed by atoms with Crippen molar-refractivity contribution < 1.29 is 19.1 Å². The molecule has 0 bridgehead atoms. The summed E-state index contributed by atoms with van der Waals surface area (Å²) in [7, 11) is 0. The second kappa shape index (κ2) is 8.36. The molecule has 0 heterocycles. The summed E-state index contributed by atoms with van der Waals surface area (Å²) >= 11 is 3.40. The highest BCUT2D eigenvalue weighted by Crippen LogP contribution is 2.26. The first-order valence-corrected chi connectivity index (χ1v) is 9.26. The third-order valence-electron chi connectivity index (χ3n) is 3.95. The van der Waals surface area contributed by atoms with Crippen LogP contribution in [0.5, 0.6) is 5.75 Å². The molecular formula is C20H20BrNO4. The van der Waals surface area contributed by atoms with Crippen LogP contribution in [0.3, 0.4) is 0 Å². The van der Waals surface area contributed by atoms with Crippen LogP contribution in [0.1, 0.15) is 30.1 Å². The number of hydrogen-bond acceptors (Lipinski definition) is 4. The van der Waals surface area contributed by atoms with Gasteiger partial charge in [-0.25, -0.2) is 4.79 Å². The van der Waals surface area contributed by atoms with Gasteiger partial charge in [0.2, 0.25) is 6.10 Å². The molecule has 0 unspecified atom stereocenters. The minimum Gasteiger partial charge on any atom is -0.481 e. The third-order valence-corrected chi connectivity index (χ3v) is 4.57. The Hall–Kier alpha value is -2.34. The van der Waals surface area contributed by atoms with E-state index in [-0.39, 0.29) is 18.6 Å². The highest BCUT2D eigenvalue weighted by atomic mass is 79.9. The highest BCUT2D eigenvalue weighted by Gasteiger charge is 2.30. The zero-order chi connectivity index (χ0) is 18.5. The van der Waals surface area contributed by atoms with E-state index in [2.05, 4.69) is 21.2 Å². The first-order valence-electron chi connectivity index (χ1n) is 8.46. The van der Waals surface area contributed by atoms with Crippen molar-refractivity contribution in [2.45, 2.75) is 31.9 Å². The number of nitrogens with one attached hydrogen (secondary N) is 1. The highest BCUT2D eigenvalue weighted by molar-refractivity contribution is 9.10. The van der Waals surface area contributed by atoms with Crippen molar-refractivity contribution in [2.24, 2.45) is 0 Å². The Morgan fingerprint density at radius 2 is 1.92 bits per heavy atom. The number of aryl methyl sites for hydroxylation is 1. The minimum absolute atomic E-state index is 0.187. The molecule has 1 aliphatic carbocycles. The molecule has 136 valence electrons. The maximum atomic E-state index is 12.5. The van der Waals surface area contributed by atoms with E-state index in [4.69, 9.17) is 9.47 Å². The summed E-state index contributed by atoms with van der Waals surface area (Å²) in [6, 6.07) is 14.7. The quantitative estimate of drug-likeness (QED) is 0.697. The molecule has 2 aromatic carbocycles. The Balaban J connectivity index is 1.63. The van der Waals surface area contributed by atoms with Gasteiger partial charge in [-0.2, -0.15) is 0 Å². The van der Waals surface area contributed by atoms with E-state index in [9.17, 15) is 9.59 Å². The van der Waals surface area contributed by atoms with Gasteiger partial charge in [-0.05, 0) is 53.4 Å². The van der Waals surface area contributed by atoms with Crippen LogP contribution in [0, 0.1) is 6.92 Å². The van der Waals surface area contributed by atoms with Gasteiger partial charge >= 0.3 is 5.97 Å². The maximum Gasteiger partial charge on any atom is 0.345 e. The summed E-state index contributed by atoms with van der Waals surface area (Å²) in [6.07, 6.45) is 0.951. The van der Waals surface area contributed by atoms with Gasteiger partial charge in [-0.3, -0.25) is 4.79 Å². The molecular weight excluding hydrogens is 398 g/mol. The Morgan fingerprint density at radius 1 is 1.19 bits per heavy atom. The minimum atomic E-state index is -0.977. The molecule has 26 heavy (non-hydrogen) atoms.